The summed E-state index contributed by atoms with van der Waals surface area (Å²) in [5.41, 5.74) is 1.93. The number of fused-ring (bicyclic) bond motifs is 1. The summed E-state index contributed by atoms with van der Waals surface area (Å²) in [6.07, 6.45) is -1.01. The summed E-state index contributed by atoms with van der Waals surface area (Å²) in [7, 11) is 0. The van der Waals surface area contributed by atoms with Gasteiger partial charge in [-0.25, -0.2) is 0 Å². The molecule has 6 atom stereocenters. The highest BCUT2D eigenvalue weighted by Gasteiger charge is 2.51. The molecule has 4 rings (SSSR count). The topological polar surface area (TPSA) is 75.2 Å². The zero-order chi connectivity index (χ0) is 22.3. The lowest BCUT2D eigenvalue weighted by atomic mass is 9.95. The quantitative estimate of drug-likeness (QED) is 0.637. The minimum Gasteiger partial charge on any atom is -0.368 e. The molecule has 0 aliphatic carbocycles. The number of amides is 1. The van der Waals surface area contributed by atoms with Crippen molar-refractivity contribution in [2.24, 2.45) is 0 Å². The Morgan fingerprint density at radius 2 is 1.81 bits per heavy atom. The van der Waals surface area contributed by atoms with E-state index < -0.39 is 36.9 Å². The van der Waals surface area contributed by atoms with E-state index in [9.17, 15) is 4.79 Å². The van der Waals surface area contributed by atoms with Gasteiger partial charge in [0, 0.05) is 12.5 Å². The van der Waals surface area contributed by atoms with Crippen LogP contribution < -0.4 is 5.32 Å². The Morgan fingerprint density at radius 3 is 2.50 bits per heavy atom. The lowest BCUT2D eigenvalue weighted by molar-refractivity contribution is -0.348. The van der Waals surface area contributed by atoms with Crippen molar-refractivity contribution >= 4 is 5.91 Å². The first-order valence-electron chi connectivity index (χ1n) is 10.8. The van der Waals surface area contributed by atoms with E-state index in [-0.39, 0.29) is 12.5 Å². The summed E-state index contributed by atoms with van der Waals surface area (Å²) in [6.45, 7) is 6.12. The highest BCUT2D eigenvalue weighted by atomic mass is 16.7. The standard InChI is InChI=1S/C25H29NO6/c1-3-14-28-25-21(26-17(2)27)23(29-15-18-10-6-4-7-11-18)22-20(31-25)16-30-24(32-22)19-12-8-5-9-13-19/h3-13,20-25H,1,14-16H2,2H3,(H,26,27)/t20-,21-,22-,23-,24?,25+/m1/s1. The first kappa shape index (κ1) is 22.6. The summed E-state index contributed by atoms with van der Waals surface area (Å²) in [5.74, 6) is -0.204. The average molecular weight is 440 g/mol. The molecule has 7 heteroatoms. The highest BCUT2D eigenvalue weighted by Crippen LogP contribution is 2.36. The number of ether oxygens (including phenoxy) is 5. The summed E-state index contributed by atoms with van der Waals surface area (Å²) in [6, 6.07) is 19.0. The first-order chi connectivity index (χ1) is 15.7. The molecule has 170 valence electrons. The fraction of sp³-hybridized carbons (Fsp3) is 0.400. The smallest absolute Gasteiger partial charge is 0.217 e. The third-order valence-corrected chi connectivity index (χ3v) is 5.44. The van der Waals surface area contributed by atoms with E-state index in [0.29, 0.717) is 13.2 Å². The van der Waals surface area contributed by atoms with Crippen molar-refractivity contribution in [1.29, 1.82) is 0 Å². The van der Waals surface area contributed by atoms with Crippen molar-refractivity contribution in [2.75, 3.05) is 13.2 Å². The number of rotatable bonds is 8. The second kappa shape index (κ2) is 10.8. The molecule has 2 aliphatic heterocycles. The number of hydrogen-bond acceptors (Lipinski definition) is 6. The molecule has 0 spiro atoms. The van der Waals surface area contributed by atoms with Crippen molar-refractivity contribution in [3.8, 4) is 0 Å². The van der Waals surface area contributed by atoms with Crippen molar-refractivity contribution in [1.82, 2.24) is 5.32 Å². The van der Waals surface area contributed by atoms with Crippen molar-refractivity contribution in [2.45, 2.75) is 50.5 Å². The van der Waals surface area contributed by atoms with Gasteiger partial charge in [-0.2, -0.15) is 0 Å². The van der Waals surface area contributed by atoms with Crippen LogP contribution in [0.5, 0.6) is 0 Å². The minimum absolute atomic E-state index is 0.204. The molecule has 2 aliphatic rings. The van der Waals surface area contributed by atoms with Crippen LogP contribution in [0.3, 0.4) is 0 Å². The molecule has 32 heavy (non-hydrogen) atoms. The second-order valence-electron chi connectivity index (χ2n) is 7.83. The van der Waals surface area contributed by atoms with E-state index in [1.165, 1.54) is 6.92 Å². The van der Waals surface area contributed by atoms with Gasteiger partial charge in [0.2, 0.25) is 5.91 Å². The zero-order valence-electron chi connectivity index (χ0n) is 18.1. The Hall–Kier alpha value is -2.55. The predicted octanol–water partition coefficient (Wildman–Crippen LogP) is 3.12. The van der Waals surface area contributed by atoms with Crippen LogP contribution in [0.15, 0.2) is 73.3 Å². The molecule has 1 N–H and O–H groups in total. The van der Waals surface area contributed by atoms with Gasteiger partial charge in [-0.15, -0.1) is 6.58 Å². The van der Waals surface area contributed by atoms with Gasteiger partial charge in [0.15, 0.2) is 12.6 Å². The van der Waals surface area contributed by atoms with Gasteiger partial charge in [0.05, 0.1) is 19.8 Å². The van der Waals surface area contributed by atoms with Crippen molar-refractivity contribution < 1.29 is 28.5 Å². The van der Waals surface area contributed by atoms with E-state index in [0.717, 1.165) is 11.1 Å². The molecule has 2 saturated heterocycles. The molecule has 2 aromatic carbocycles. The van der Waals surface area contributed by atoms with Gasteiger partial charge in [0.25, 0.3) is 0 Å². The maximum Gasteiger partial charge on any atom is 0.217 e. The third kappa shape index (κ3) is 5.43. The third-order valence-electron chi connectivity index (χ3n) is 5.44. The molecule has 2 aromatic rings. The Bertz CT molecular complexity index is 877. The Balaban J connectivity index is 1.59. The minimum atomic E-state index is -0.723. The Kier molecular flexibility index (Phi) is 7.68. The first-order valence-corrected chi connectivity index (χ1v) is 10.8. The monoisotopic (exact) mass is 439 g/mol. The molecule has 0 aromatic heterocycles. The molecule has 1 amide bonds. The molecule has 0 saturated carbocycles. The normalized spacial score (nSPS) is 29.7. The van der Waals surface area contributed by atoms with Gasteiger partial charge in [-0.1, -0.05) is 66.7 Å². The van der Waals surface area contributed by atoms with Crippen molar-refractivity contribution in [3.05, 3.63) is 84.4 Å². The molecular weight excluding hydrogens is 410 g/mol. The lowest BCUT2D eigenvalue weighted by Crippen LogP contribution is -2.67. The van der Waals surface area contributed by atoms with Gasteiger partial charge in [-0.3, -0.25) is 4.79 Å². The fourth-order valence-corrected chi connectivity index (χ4v) is 4.01. The van der Waals surface area contributed by atoms with Crippen LogP contribution in [0.4, 0.5) is 0 Å². The summed E-state index contributed by atoms with van der Waals surface area (Å²) in [5, 5.41) is 2.95. The number of carbonyl (C=O) groups excluding carboxylic acids is 1. The molecular formula is C25H29NO6. The zero-order valence-corrected chi connectivity index (χ0v) is 18.1. The van der Waals surface area contributed by atoms with Crippen molar-refractivity contribution in [3.63, 3.8) is 0 Å². The van der Waals surface area contributed by atoms with Crippen LogP contribution in [-0.2, 0) is 35.1 Å². The molecule has 2 fully saturated rings. The maximum absolute atomic E-state index is 12.0. The highest BCUT2D eigenvalue weighted by molar-refractivity contribution is 5.73. The maximum atomic E-state index is 12.0. The predicted molar refractivity (Wildman–Crippen MR) is 117 cm³/mol. The van der Waals surface area contributed by atoms with Crippen LogP contribution in [0.2, 0.25) is 0 Å². The molecule has 1 unspecified atom stereocenters. The molecule has 2 heterocycles. The molecule has 0 bridgehead atoms. The number of benzene rings is 2. The molecule has 7 nitrogen and oxygen atoms in total. The van der Waals surface area contributed by atoms with Crippen LogP contribution in [-0.4, -0.2) is 49.8 Å². The van der Waals surface area contributed by atoms with Gasteiger partial charge in [0.1, 0.15) is 24.4 Å². The summed E-state index contributed by atoms with van der Waals surface area (Å²) in [4.78, 5) is 12.0. The number of hydrogen-bond donors (Lipinski definition) is 1. The van der Waals surface area contributed by atoms with Crippen LogP contribution in [0.25, 0.3) is 0 Å². The fourth-order valence-electron chi connectivity index (χ4n) is 4.01. The average Bonchev–Trinajstić information content (AvgIpc) is 2.82. The van der Waals surface area contributed by atoms with E-state index >= 15 is 0 Å². The van der Waals surface area contributed by atoms with E-state index in [1.807, 2.05) is 60.7 Å². The molecule has 0 radical (unpaired) electrons. The van der Waals surface area contributed by atoms with E-state index in [2.05, 4.69) is 11.9 Å². The van der Waals surface area contributed by atoms with Gasteiger partial charge in [-0.05, 0) is 5.56 Å². The van der Waals surface area contributed by atoms with Crippen LogP contribution in [0.1, 0.15) is 24.3 Å². The number of carbonyl (C=O) groups is 1. The van der Waals surface area contributed by atoms with Gasteiger partial charge < -0.3 is 29.0 Å². The Morgan fingerprint density at radius 1 is 1.09 bits per heavy atom. The van der Waals surface area contributed by atoms with E-state index in [1.54, 1.807) is 6.08 Å². The largest absolute Gasteiger partial charge is 0.368 e. The van der Waals surface area contributed by atoms with Gasteiger partial charge >= 0.3 is 0 Å². The van der Waals surface area contributed by atoms with Crippen LogP contribution >= 0.6 is 0 Å². The SMILES string of the molecule is C=CCO[C@H]1O[C@@H]2COC(c3ccccc3)O[C@H]2[C@H](OCc2ccccc2)[C@H]1NC(C)=O. The Labute approximate surface area is 188 Å². The van der Waals surface area contributed by atoms with Crippen LogP contribution in [0, 0.1) is 0 Å². The summed E-state index contributed by atoms with van der Waals surface area (Å²) < 4.78 is 30.7. The second-order valence-corrected chi connectivity index (χ2v) is 7.83. The van der Waals surface area contributed by atoms with E-state index in [4.69, 9.17) is 23.7 Å². The number of nitrogens with one attached hydrogen (secondary N) is 1. The lowest BCUT2D eigenvalue weighted by Gasteiger charge is -2.49. The summed E-state index contributed by atoms with van der Waals surface area (Å²) >= 11 is 0.